The van der Waals surface area contributed by atoms with Crippen molar-refractivity contribution in [2.75, 3.05) is 7.11 Å². The SMILES string of the molecule is COC(=O)[C@@H]1CC[C@H]2C=CC[C@@H](NC(=O)OC(C)(C)C)C(=O)N21. The van der Waals surface area contributed by atoms with Gasteiger partial charge >= 0.3 is 12.1 Å². The van der Waals surface area contributed by atoms with Crippen LogP contribution in [0.25, 0.3) is 0 Å². The van der Waals surface area contributed by atoms with Crippen molar-refractivity contribution in [3.63, 3.8) is 0 Å². The van der Waals surface area contributed by atoms with E-state index in [9.17, 15) is 14.4 Å². The molecule has 0 bridgehead atoms. The second kappa shape index (κ2) is 6.60. The average Bonchev–Trinajstić information content (AvgIpc) is 2.80. The molecule has 1 saturated heterocycles. The predicted molar refractivity (Wildman–Crippen MR) is 82.6 cm³/mol. The third-order valence-corrected chi connectivity index (χ3v) is 3.88. The second-order valence-electron chi connectivity index (χ2n) is 6.79. The van der Waals surface area contributed by atoms with E-state index >= 15 is 0 Å². The first-order valence-electron chi connectivity index (χ1n) is 7.79. The first-order valence-corrected chi connectivity index (χ1v) is 7.79. The molecule has 0 unspecified atom stereocenters. The standard InChI is InChI=1S/C16H24N2O5/c1-16(2,3)23-15(21)17-11-7-5-6-10-8-9-12(14(20)22-4)18(10)13(11)19/h5-6,10-12H,7-9H2,1-4H3,(H,17,21)/t10-,11-,12+/m1/s1. The number of hydrogen-bond donors (Lipinski definition) is 1. The number of hydrogen-bond acceptors (Lipinski definition) is 5. The molecule has 0 aromatic carbocycles. The molecule has 23 heavy (non-hydrogen) atoms. The number of carbonyl (C=O) groups is 3. The van der Waals surface area contributed by atoms with Crippen LogP contribution in [-0.4, -0.2) is 53.7 Å². The maximum atomic E-state index is 12.8. The van der Waals surface area contributed by atoms with E-state index in [1.807, 2.05) is 12.2 Å². The Balaban J connectivity index is 2.11. The molecule has 2 aliphatic rings. The van der Waals surface area contributed by atoms with Crippen LogP contribution in [-0.2, 0) is 19.1 Å². The molecule has 0 aromatic heterocycles. The molecule has 2 aliphatic heterocycles. The van der Waals surface area contributed by atoms with E-state index < -0.39 is 29.7 Å². The highest BCUT2D eigenvalue weighted by atomic mass is 16.6. The smallest absolute Gasteiger partial charge is 0.408 e. The summed E-state index contributed by atoms with van der Waals surface area (Å²) in [6.07, 6.45) is 4.78. The van der Waals surface area contributed by atoms with Gasteiger partial charge in [-0.15, -0.1) is 0 Å². The van der Waals surface area contributed by atoms with Gasteiger partial charge in [0.15, 0.2) is 0 Å². The van der Waals surface area contributed by atoms with Crippen molar-refractivity contribution in [3.05, 3.63) is 12.2 Å². The molecule has 0 aromatic rings. The Morgan fingerprint density at radius 2 is 2.00 bits per heavy atom. The van der Waals surface area contributed by atoms with Crippen LogP contribution in [0.3, 0.4) is 0 Å². The maximum Gasteiger partial charge on any atom is 0.408 e. The Bertz CT molecular complexity index is 523. The number of ether oxygens (including phenoxy) is 2. The Hall–Kier alpha value is -2.05. The summed E-state index contributed by atoms with van der Waals surface area (Å²) in [5, 5.41) is 2.60. The van der Waals surface area contributed by atoms with E-state index in [0.29, 0.717) is 19.3 Å². The van der Waals surface area contributed by atoms with Crippen LogP contribution < -0.4 is 5.32 Å². The molecule has 2 heterocycles. The summed E-state index contributed by atoms with van der Waals surface area (Å²) in [5.74, 6) is -0.703. The van der Waals surface area contributed by atoms with Crippen LogP contribution >= 0.6 is 0 Å². The van der Waals surface area contributed by atoms with E-state index in [1.54, 1.807) is 20.8 Å². The number of nitrogens with one attached hydrogen (secondary N) is 1. The van der Waals surface area contributed by atoms with Gasteiger partial charge in [0.25, 0.3) is 0 Å². The number of carbonyl (C=O) groups excluding carboxylic acids is 3. The van der Waals surface area contributed by atoms with Crippen molar-refractivity contribution in [3.8, 4) is 0 Å². The van der Waals surface area contributed by atoms with Gasteiger partial charge in [0.2, 0.25) is 5.91 Å². The molecule has 0 saturated carbocycles. The summed E-state index contributed by atoms with van der Waals surface area (Å²) in [6, 6.07) is -1.46. The molecule has 0 aliphatic carbocycles. The quantitative estimate of drug-likeness (QED) is 0.612. The van der Waals surface area contributed by atoms with Gasteiger partial charge in [-0.2, -0.15) is 0 Å². The van der Waals surface area contributed by atoms with Gasteiger partial charge in [-0.3, -0.25) is 4.79 Å². The summed E-state index contributed by atoms with van der Waals surface area (Å²) in [4.78, 5) is 38.1. The summed E-state index contributed by atoms with van der Waals surface area (Å²) < 4.78 is 9.99. The zero-order chi connectivity index (χ0) is 17.2. The Kier molecular flexibility index (Phi) is 4.97. The number of alkyl carbamates (subject to hydrolysis) is 1. The first-order chi connectivity index (χ1) is 10.7. The fourth-order valence-electron chi connectivity index (χ4n) is 2.93. The van der Waals surface area contributed by atoms with E-state index in [4.69, 9.17) is 9.47 Å². The highest BCUT2D eigenvalue weighted by Crippen LogP contribution is 2.29. The van der Waals surface area contributed by atoms with E-state index in [2.05, 4.69) is 5.32 Å². The van der Waals surface area contributed by atoms with E-state index in [-0.39, 0.29) is 11.9 Å². The highest BCUT2D eigenvalue weighted by molar-refractivity contribution is 5.91. The third kappa shape index (κ3) is 4.03. The van der Waals surface area contributed by atoms with Crippen molar-refractivity contribution in [1.82, 2.24) is 10.2 Å². The molecular formula is C16H24N2O5. The minimum atomic E-state index is -0.739. The zero-order valence-electron chi connectivity index (χ0n) is 14.0. The minimum absolute atomic E-state index is 0.128. The number of rotatable bonds is 2. The molecule has 1 fully saturated rings. The molecule has 0 spiro atoms. The predicted octanol–water partition coefficient (Wildman–Crippen LogP) is 1.37. The summed E-state index contributed by atoms with van der Waals surface area (Å²) in [5.41, 5.74) is -0.640. The molecule has 2 rings (SSSR count). The Labute approximate surface area is 136 Å². The van der Waals surface area contributed by atoms with Gasteiger partial charge in [0, 0.05) is 0 Å². The van der Waals surface area contributed by atoms with Gasteiger partial charge in [-0.25, -0.2) is 9.59 Å². The minimum Gasteiger partial charge on any atom is -0.467 e. The van der Waals surface area contributed by atoms with E-state index in [1.165, 1.54) is 12.0 Å². The number of amides is 2. The van der Waals surface area contributed by atoms with Crippen LogP contribution in [0.1, 0.15) is 40.0 Å². The van der Waals surface area contributed by atoms with Crippen molar-refractivity contribution >= 4 is 18.0 Å². The largest absolute Gasteiger partial charge is 0.467 e. The molecule has 7 nitrogen and oxygen atoms in total. The number of methoxy groups -OCH3 is 1. The van der Waals surface area contributed by atoms with Crippen LogP contribution in [0.5, 0.6) is 0 Å². The van der Waals surface area contributed by atoms with Crippen molar-refractivity contribution in [1.29, 1.82) is 0 Å². The van der Waals surface area contributed by atoms with Crippen LogP contribution in [0, 0.1) is 0 Å². The lowest BCUT2D eigenvalue weighted by Crippen LogP contribution is -2.53. The number of esters is 1. The normalized spacial score (nSPS) is 27.2. The highest BCUT2D eigenvalue weighted by Gasteiger charge is 2.44. The summed E-state index contributed by atoms with van der Waals surface area (Å²) in [7, 11) is 1.31. The zero-order valence-corrected chi connectivity index (χ0v) is 14.0. The van der Waals surface area contributed by atoms with E-state index in [0.717, 1.165) is 0 Å². The van der Waals surface area contributed by atoms with Gasteiger partial charge in [-0.1, -0.05) is 12.2 Å². The fourth-order valence-corrected chi connectivity index (χ4v) is 2.93. The van der Waals surface area contributed by atoms with Crippen LogP contribution in [0.4, 0.5) is 4.79 Å². The topological polar surface area (TPSA) is 84.9 Å². The van der Waals surface area contributed by atoms with Crippen LogP contribution in [0.2, 0.25) is 0 Å². The second-order valence-corrected chi connectivity index (χ2v) is 6.79. The van der Waals surface area contributed by atoms with Gasteiger partial charge < -0.3 is 19.7 Å². The van der Waals surface area contributed by atoms with Crippen molar-refractivity contribution in [2.45, 2.75) is 63.8 Å². The third-order valence-electron chi connectivity index (χ3n) is 3.88. The molecule has 7 heteroatoms. The lowest BCUT2D eigenvalue weighted by atomic mass is 10.1. The summed E-state index contributed by atoms with van der Waals surface area (Å²) >= 11 is 0. The molecule has 2 amide bonds. The number of fused-ring (bicyclic) bond motifs is 1. The fraction of sp³-hybridized carbons (Fsp3) is 0.688. The lowest BCUT2D eigenvalue weighted by Gasteiger charge is -2.30. The molecular weight excluding hydrogens is 300 g/mol. The Morgan fingerprint density at radius 1 is 1.30 bits per heavy atom. The van der Waals surface area contributed by atoms with Gasteiger partial charge in [-0.05, 0) is 40.0 Å². The van der Waals surface area contributed by atoms with Crippen LogP contribution in [0.15, 0.2) is 12.2 Å². The maximum absolute atomic E-state index is 12.8. The van der Waals surface area contributed by atoms with Gasteiger partial charge in [0.1, 0.15) is 17.7 Å². The molecule has 3 atom stereocenters. The number of nitrogens with zero attached hydrogens (tertiary/aromatic N) is 1. The lowest BCUT2D eigenvalue weighted by molar-refractivity contribution is -0.152. The summed E-state index contributed by atoms with van der Waals surface area (Å²) in [6.45, 7) is 5.27. The molecule has 1 N–H and O–H groups in total. The first kappa shape index (κ1) is 17.3. The molecule has 0 radical (unpaired) electrons. The van der Waals surface area contributed by atoms with Crippen molar-refractivity contribution < 1.29 is 23.9 Å². The average molecular weight is 324 g/mol. The van der Waals surface area contributed by atoms with Crippen molar-refractivity contribution in [2.24, 2.45) is 0 Å². The monoisotopic (exact) mass is 324 g/mol. The Morgan fingerprint density at radius 3 is 2.61 bits per heavy atom. The molecule has 128 valence electrons. The van der Waals surface area contributed by atoms with Gasteiger partial charge in [0.05, 0.1) is 13.2 Å².